The van der Waals surface area contributed by atoms with Crippen molar-refractivity contribution < 1.29 is 21.5 Å². The molecule has 0 saturated heterocycles. The van der Waals surface area contributed by atoms with Crippen LogP contribution in [0.25, 0.3) is 0 Å². The zero-order chi connectivity index (χ0) is 14.4. The summed E-state index contributed by atoms with van der Waals surface area (Å²) in [6.45, 7) is 3.20. The number of azo groups is 1. The number of hydrogen-bond donors (Lipinski definition) is 0. The molecule has 1 aromatic heterocycles. The van der Waals surface area contributed by atoms with E-state index in [1.807, 2.05) is 62.9 Å². The van der Waals surface area contributed by atoms with E-state index in [1.54, 1.807) is 0 Å². The highest BCUT2D eigenvalue weighted by atomic mass is 79.9. The standard InChI is InChI=1S/C16H21N4.BrH/c1-4-11-20-12-9-15(10-13-20)18-17-14-5-7-16(8-6-14)19(2)3;/h5-10,12-13H,4,11H2,1-3H3;1H/q+1;/p-1. The fourth-order valence-corrected chi connectivity index (χ4v) is 1.86. The molecule has 21 heavy (non-hydrogen) atoms. The fraction of sp³-hybridized carbons (Fsp3) is 0.312. The molecular weight excluding hydrogens is 328 g/mol. The van der Waals surface area contributed by atoms with Crippen LogP contribution in [0.15, 0.2) is 59.0 Å². The van der Waals surface area contributed by atoms with Crippen molar-refractivity contribution in [2.75, 3.05) is 19.0 Å². The predicted octanol–water partition coefficient (Wildman–Crippen LogP) is 0.869. The maximum atomic E-state index is 4.25. The highest BCUT2D eigenvalue weighted by molar-refractivity contribution is 5.51. The smallest absolute Gasteiger partial charge is 0.171 e. The van der Waals surface area contributed by atoms with Crippen molar-refractivity contribution in [1.29, 1.82) is 0 Å². The molecule has 0 spiro atoms. The molecule has 1 aromatic carbocycles. The number of pyridine rings is 1. The SMILES string of the molecule is CCC[n+]1ccc(N=Nc2ccc(N(C)C)cc2)cc1.[Br-]. The molecule has 0 atom stereocenters. The largest absolute Gasteiger partial charge is 1.00 e. The number of anilines is 1. The molecule has 0 radical (unpaired) electrons. The lowest BCUT2D eigenvalue weighted by atomic mass is 10.3. The molecule has 2 rings (SSSR count). The van der Waals surface area contributed by atoms with Crippen LogP contribution in [0, 0.1) is 0 Å². The van der Waals surface area contributed by atoms with Gasteiger partial charge in [0.15, 0.2) is 12.4 Å². The van der Waals surface area contributed by atoms with Gasteiger partial charge in [-0.05, 0) is 24.3 Å². The van der Waals surface area contributed by atoms with Crippen molar-refractivity contribution in [3.63, 3.8) is 0 Å². The Morgan fingerprint density at radius 3 is 1.90 bits per heavy atom. The molecule has 0 bridgehead atoms. The second-order valence-corrected chi connectivity index (χ2v) is 4.90. The first-order valence-electron chi connectivity index (χ1n) is 6.87. The van der Waals surface area contributed by atoms with Crippen LogP contribution in [0.4, 0.5) is 17.1 Å². The van der Waals surface area contributed by atoms with E-state index in [2.05, 4.69) is 26.6 Å². The maximum absolute atomic E-state index is 4.25. The van der Waals surface area contributed by atoms with Gasteiger partial charge >= 0.3 is 0 Å². The van der Waals surface area contributed by atoms with E-state index < -0.39 is 0 Å². The van der Waals surface area contributed by atoms with Crippen LogP contribution in [0.1, 0.15) is 13.3 Å². The van der Waals surface area contributed by atoms with Crippen LogP contribution < -0.4 is 26.4 Å². The second kappa shape index (κ2) is 8.52. The lowest BCUT2D eigenvalue weighted by Gasteiger charge is -2.11. The number of halogens is 1. The molecule has 2 aromatic rings. The minimum Gasteiger partial charge on any atom is -1.00 e. The van der Waals surface area contributed by atoms with Crippen molar-refractivity contribution in [3.05, 3.63) is 48.8 Å². The Kier molecular flexibility index (Phi) is 7.02. The average Bonchev–Trinajstić information content (AvgIpc) is 2.47. The Morgan fingerprint density at radius 1 is 0.905 bits per heavy atom. The number of aryl methyl sites for hydroxylation is 1. The minimum absolute atomic E-state index is 0. The summed E-state index contributed by atoms with van der Waals surface area (Å²) in [5.41, 5.74) is 2.89. The van der Waals surface area contributed by atoms with Crippen LogP contribution in [-0.2, 0) is 6.54 Å². The van der Waals surface area contributed by atoms with E-state index in [0.717, 1.165) is 30.0 Å². The molecule has 112 valence electrons. The number of hydrogen-bond acceptors (Lipinski definition) is 3. The van der Waals surface area contributed by atoms with Crippen LogP contribution in [0.5, 0.6) is 0 Å². The lowest BCUT2D eigenvalue weighted by molar-refractivity contribution is -0.696. The van der Waals surface area contributed by atoms with Crippen molar-refractivity contribution >= 4 is 17.1 Å². The van der Waals surface area contributed by atoms with Crippen LogP contribution in [0.3, 0.4) is 0 Å². The lowest BCUT2D eigenvalue weighted by Crippen LogP contribution is -3.00. The summed E-state index contributed by atoms with van der Waals surface area (Å²) in [6.07, 6.45) is 5.20. The van der Waals surface area contributed by atoms with Crippen molar-refractivity contribution in [2.45, 2.75) is 19.9 Å². The topological polar surface area (TPSA) is 31.8 Å². The molecule has 1 heterocycles. The minimum atomic E-state index is 0. The summed E-state index contributed by atoms with van der Waals surface area (Å²) >= 11 is 0. The van der Waals surface area contributed by atoms with Gasteiger partial charge in [0.05, 0.1) is 11.4 Å². The van der Waals surface area contributed by atoms with Crippen LogP contribution >= 0.6 is 0 Å². The monoisotopic (exact) mass is 348 g/mol. The van der Waals surface area contributed by atoms with Crippen molar-refractivity contribution in [2.24, 2.45) is 10.2 Å². The van der Waals surface area contributed by atoms with Gasteiger partial charge in [-0.3, -0.25) is 0 Å². The Balaban J connectivity index is 0.00000220. The molecule has 0 amide bonds. The Labute approximate surface area is 136 Å². The van der Waals surface area contributed by atoms with Gasteiger partial charge in [0.1, 0.15) is 6.54 Å². The van der Waals surface area contributed by atoms with Crippen LogP contribution in [-0.4, -0.2) is 14.1 Å². The van der Waals surface area contributed by atoms with Gasteiger partial charge in [0.25, 0.3) is 0 Å². The first-order valence-corrected chi connectivity index (χ1v) is 6.87. The summed E-state index contributed by atoms with van der Waals surface area (Å²) < 4.78 is 2.14. The molecule has 0 aliphatic rings. The number of rotatable bonds is 5. The molecule has 0 N–H and O–H groups in total. The van der Waals surface area contributed by atoms with Gasteiger partial charge in [-0.2, -0.15) is 10.2 Å². The fourth-order valence-electron chi connectivity index (χ4n) is 1.86. The van der Waals surface area contributed by atoms with Gasteiger partial charge in [-0.25, -0.2) is 4.57 Å². The highest BCUT2D eigenvalue weighted by Gasteiger charge is 1.98. The van der Waals surface area contributed by atoms with E-state index in [1.165, 1.54) is 0 Å². The molecule has 4 nitrogen and oxygen atoms in total. The van der Waals surface area contributed by atoms with Crippen molar-refractivity contribution in [3.8, 4) is 0 Å². The van der Waals surface area contributed by atoms with E-state index in [4.69, 9.17) is 0 Å². The van der Waals surface area contributed by atoms with E-state index in [0.29, 0.717) is 0 Å². The van der Waals surface area contributed by atoms with Gasteiger partial charge in [-0.1, -0.05) is 6.92 Å². The van der Waals surface area contributed by atoms with Crippen LogP contribution in [0.2, 0.25) is 0 Å². The molecule has 0 saturated carbocycles. The molecular formula is C16H21BrN4. The molecule has 0 aliphatic heterocycles. The maximum Gasteiger partial charge on any atom is 0.171 e. The zero-order valence-electron chi connectivity index (χ0n) is 12.7. The number of nitrogens with zero attached hydrogens (tertiary/aromatic N) is 4. The summed E-state index contributed by atoms with van der Waals surface area (Å²) in [4.78, 5) is 2.06. The van der Waals surface area contributed by atoms with Gasteiger partial charge in [0.2, 0.25) is 0 Å². The third kappa shape index (κ3) is 5.27. The first kappa shape index (κ1) is 17.3. The van der Waals surface area contributed by atoms with Crippen molar-refractivity contribution in [1.82, 2.24) is 0 Å². The molecule has 0 aliphatic carbocycles. The van der Waals surface area contributed by atoms with Gasteiger partial charge < -0.3 is 21.9 Å². The molecule has 0 fully saturated rings. The number of benzene rings is 1. The van der Waals surface area contributed by atoms with Gasteiger partial charge in [0, 0.05) is 38.3 Å². The Bertz CT molecular complexity index is 562. The Hall–Kier alpha value is -1.75. The zero-order valence-corrected chi connectivity index (χ0v) is 14.3. The van der Waals surface area contributed by atoms with E-state index in [-0.39, 0.29) is 17.0 Å². The van der Waals surface area contributed by atoms with Gasteiger partial charge in [-0.15, -0.1) is 0 Å². The van der Waals surface area contributed by atoms with E-state index in [9.17, 15) is 0 Å². The predicted molar refractivity (Wildman–Crippen MR) is 81.9 cm³/mol. The quantitative estimate of drug-likeness (QED) is 0.582. The first-order chi connectivity index (χ1) is 9.69. The third-order valence-electron chi connectivity index (χ3n) is 3.00. The Morgan fingerprint density at radius 2 is 1.43 bits per heavy atom. The normalized spacial score (nSPS) is 10.4. The van der Waals surface area contributed by atoms with E-state index >= 15 is 0 Å². The summed E-state index contributed by atoms with van der Waals surface area (Å²) in [7, 11) is 4.04. The summed E-state index contributed by atoms with van der Waals surface area (Å²) in [6, 6.07) is 12.0. The second-order valence-electron chi connectivity index (χ2n) is 4.90. The average molecular weight is 349 g/mol. The summed E-state index contributed by atoms with van der Waals surface area (Å²) in [5.74, 6) is 0. The highest BCUT2D eigenvalue weighted by Crippen LogP contribution is 2.20. The summed E-state index contributed by atoms with van der Waals surface area (Å²) in [5, 5.41) is 8.50. The molecule has 0 unspecified atom stereocenters. The number of aromatic nitrogens is 1. The third-order valence-corrected chi connectivity index (χ3v) is 3.00. The molecule has 5 heteroatoms.